The molecule has 5 heteroatoms. The van der Waals surface area contributed by atoms with E-state index in [9.17, 15) is 9.00 Å². The molecule has 0 aliphatic heterocycles. The van der Waals surface area contributed by atoms with Crippen molar-refractivity contribution in [3.05, 3.63) is 52.4 Å². The van der Waals surface area contributed by atoms with E-state index in [0.717, 1.165) is 12.8 Å². The van der Waals surface area contributed by atoms with Crippen molar-refractivity contribution in [2.24, 2.45) is 0 Å². The first-order valence-corrected chi connectivity index (χ1v) is 8.87. The molecular weight excluding hydrogens is 290 g/mol. The van der Waals surface area contributed by atoms with Gasteiger partial charge in [-0.3, -0.25) is 9.00 Å². The highest BCUT2D eigenvalue weighted by molar-refractivity contribution is 7.86. The summed E-state index contributed by atoms with van der Waals surface area (Å²) < 4.78 is 12.2. The summed E-state index contributed by atoms with van der Waals surface area (Å²) in [4.78, 5) is 12.3. The average Bonchev–Trinajstić information content (AvgIpc) is 3.04. The van der Waals surface area contributed by atoms with E-state index in [-0.39, 0.29) is 11.9 Å². The lowest BCUT2D eigenvalue weighted by atomic mass is 10.1. The van der Waals surface area contributed by atoms with Crippen LogP contribution in [-0.2, 0) is 23.6 Å². The van der Waals surface area contributed by atoms with Crippen molar-refractivity contribution in [1.29, 1.82) is 0 Å². The maximum atomic E-state index is 12.3. The first-order valence-electron chi connectivity index (χ1n) is 6.43. The summed E-state index contributed by atoms with van der Waals surface area (Å²) in [5, 5.41) is 4.87. The lowest BCUT2D eigenvalue weighted by molar-refractivity contribution is 0.0936. The minimum absolute atomic E-state index is 0.116. The maximum absolute atomic E-state index is 12.3. The van der Waals surface area contributed by atoms with Crippen molar-refractivity contribution in [1.82, 2.24) is 5.32 Å². The van der Waals surface area contributed by atoms with Gasteiger partial charge in [0.05, 0.1) is 16.4 Å². The molecule has 0 radical (unpaired) electrons. The number of fused-ring (bicyclic) bond motifs is 1. The monoisotopic (exact) mass is 305 g/mol. The Hall–Kier alpha value is -1.46. The molecule has 1 heterocycles. The Morgan fingerprint density at radius 3 is 2.50 bits per heavy atom. The van der Waals surface area contributed by atoms with Crippen LogP contribution in [0.4, 0.5) is 0 Å². The third kappa shape index (κ3) is 2.55. The van der Waals surface area contributed by atoms with Gasteiger partial charge in [0.2, 0.25) is 0 Å². The number of carbonyl (C=O) groups excluding carboxylic acids is 1. The molecule has 1 aromatic heterocycles. The fourth-order valence-corrected chi connectivity index (χ4v) is 4.40. The number of rotatable bonds is 3. The molecule has 1 aromatic carbocycles. The first kappa shape index (κ1) is 13.5. The summed E-state index contributed by atoms with van der Waals surface area (Å²) in [6.07, 6.45) is 3.35. The molecule has 1 atom stereocenters. The summed E-state index contributed by atoms with van der Waals surface area (Å²) in [6.45, 7) is 0. The number of thiophene rings is 1. The largest absolute Gasteiger partial charge is 0.349 e. The molecule has 1 aliphatic carbocycles. The maximum Gasteiger partial charge on any atom is 0.253 e. The van der Waals surface area contributed by atoms with E-state index < -0.39 is 10.8 Å². The Bertz CT molecular complexity index is 653. The van der Waals surface area contributed by atoms with Crippen molar-refractivity contribution in [3.8, 4) is 0 Å². The van der Waals surface area contributed by atoms with E-state index in [1.54, 1.807) is 12.3 Å². The van der Waals surface area contributed by atoms with Crippen molar-refractivity contribution in [2.45, 2.75) is 23.1 Å². The van der Waals surface area contributed by atoms with Gasteiger partial charge in [0.15, 0.2) is 0 Å². The van der Waals surface area contributed by atoms with Crippen LogP contribution in [0, 0.1) is 0 Å². The number of hydrogen-bond acceptors (Lipinski definition) is 3. The third-order valence-electron chi connectivity index (χ3n) is 3.52. The number of carbonyl (C=O) groups is 1. The van der Waals surface area contributed by atoms with Crippen molar-refractivity contribution < 1.29 is 9.00 Å². The molecule has 1 unspecified atom stereocenters. The Morgan fingerprint density at radius 2 is 1.90 bits per heavy atom. The van der Waals surface area contributed by atoms with Crippen LogP contribution in [0.1, 0.15) is 21.5 Å². The summed E-state index contributed by atoms with van der Waals surface area (Å²) >= 11 is 1.37. The molecular formula is C15H15NO2S2. The topological polar surface area (TPSA) is 46.2 Å². The van der Waals surface area contributed by atoms with Gasteiger partial charge in [-0.1, -0.05) is 24.3 Å². The summed E-state index contributed by atoms with van der Waals surface area (Å²) in [5.41, 5.74) is 3.16. The Labute approximate surface area is 124 Å². The fourth-order valence-electron chi connectivity index (χ4n) is 2.61. The molecule has 0 saturated carbocycles. The van der Waals surface area contributed by atoms with E-state index in [2.05, 4.69) is 17.4 Å². The Balaban J connectivity index is 1.72. The highest BCUT2D eigenvalue weighted by atomic mass is 32.2. The minimum Gasteiger partial charge on any atom is -0.349 e. The van der Waals surface area contributed by atoms with Crippen LogP contribution in [0.2, 0.25) is 0 Å². The van der Waals surface area contributed by atoms with Crippen LogP contribution in [0.3, 0.4) is 0 Å². The molecule has 104 valence electrons. The highest BCUT2D eigenvalue weighted by Gasteiger charge is 2.24. The third-order valence-corrected chi connectivity index (χ3v) is 5.96. The van der Waals surface area contributed by atoms with Crippen LogP contribution in [0.15, 0.2) is 39.9 Å². The van der Waals surface area contributed by atoms with Gasteiger partial charge in [-0.05, 0) is 35.4 Å². The summed E-state index contributed by atoms with van der Waals surface area (Å²) in [6, 6.07) is 10.2. The molecule has 1 amide bonds. The second-order valence-electron chi connectivity index (χ2n) is 4.92. The zero-order chi connectivity index (χ0) is 14.1. The van der Waals surface area contributed by atoms with Gasteiger partial charge < -0.3 is 5.32 Å². The van der Waals surface area contributed by atoms with Gasteiger partial charge >= 0.3 is 0 Å². The molecule has 0 spiro atoms. The standard InChI is InChI=1S/C15H15NO2S2/c1-20(18)15-13(6-7-19-15)14(17)16-12-8-10-4-2-3-5-11(10)9-12/h2-7,12H,8-9H2,1H3,(H,16,17). The molecule has 3 rings (SSSR count). The molecule has 0 saturated heterocycles. The van der Waals surface area contributed by atoms with E-state index >= 15 is 0 Å². The lowest BCUT2D eigenvalue weighted by Crippen LogP contribution is -2.35. The number of hydrogen-bond donors (Lipinski definition) is 1. The SMILES string of the molecule is CS(=O)c1sccc1C(=O)NC1Cc2ccccc2C1. The number of benzene rings is 1. The van der Waals surface area contributed by atoms with Gasteiger partial charge in [0.25, 0.3) is 5.91 Å². The van der Waals surface area contributed by atoms with E-state index in [1.165, 1.54) is 22.5 Å². The van der Waals surface area contributed by atoms with Crippen molar-refractivity contribution in [2.75, 3.05) is 6.26 Å². The molecule has 0 fully saturated rings. The van der Waals surface area contributed by atoms with Gasteiger partial charge in [0, 0.05) is 12.3 Å². The summed E-state index contributed by atoms with van der Waals surface area (Å²) in [5.74, 6) is -0.116. The van der Waals surface area contributed by atoms with Crippen molar-refractivity contribution in [3.63, 3.8) is 0 Å². The van der Waals surface area contributed by atoms with E-state index in [4.69, 9.17) is 0 Å². The van der Waals surface area contributed by atoms with Crippen molar-refractivity contribution >= 4 is 28.0 Å². The van der Waals surface area contributed by atoms with Gasteiger partial charge in [-0.2, -0.15) is 0 Å². The fraction of sp³-hybridized carbons (Fsp3) is 0.267. The zero-order valence-corrected chi connectivity index (χ0v) is 12.7. The molecule has 0 bridgehead atoms. The predicted molar refractivity (Wildman–Crippen MR) is 81.8 cm³/mol. The zero-order valence-electron chi connectivity index (χ0n) is 11.1. The number of amides is 1. The highest BCUT2D eigenvalue weighted by Crippen LogP contribution is 2.24. The Kier molecular flexibility index (Phi) is 3.72. The smallest absolute Gasteiger partial charge is 0.253 e. The van der Waals surface area contributed by atoms with E-state index in [0.29, 0.717) is 9.77 Å². The van der Waals surface area contributed by atoms with Gasteiger partial charge in [0.1, 0.15) is 4.21 Å². The van der Waals surface area contributed by atoms with Crippen LogP contribution in [-0.4, -0.2) is 22.4 Å². The predicted octanol–water partition coefficient (Wildman–Crippen LogP) is 2.38. The second-order valence-corrected chi connectivity index (χ2v) is 7.41. The number of nitrogens with one attached hydrogen (secondary N) is 1. The molecule has 1 N–H and O–H groups in total. The van der Waals surface area contributed by atoms with Crippen LogP contribution in [0.5, 0.6) is 0 Å². The van der Waals surface area contributed by atoms with E-state index in [1.807, 2.05) is 17.5 Å². The first-order chi connectivity index (χ1) is 9.65. The van der Waals surface area contributed by atoms with Crippen LogP contribution >= 0.6 is 11.3 Å². The summed E-state index contributed by atoms with van der Waals surface area (Å²) in [7, 11) is -1.12. The molecule has 3 nitrogen and oxygen atoms in total. The lowest BCUT2D eigenvalue weighted by Gasteiger charge is -2.12. The minimum atomic E-state index is -1.12. The normalized spacial score (nSPS) is 15.8. The quantitative estimate of drug-likeness (QED) is 0.946. The average molecular weight is 305 g/mol. The Morgan fingerprint density at radius 1 is 1.25 bits per heavy atom. The van der Waals surface area contributed by atoms with Gasteiger partial charge in [-0.15, -0.1) is 11.3 Å². The molecule has 20 heavy (non-hydrogen) atoms. The van der Waals surface area contributed by atoms with Gasteiger partial charge in [-0.25, -0.2) is 0 Å². The van der Waals surface area contributed by atoms with Crippen LogP contribution < -0.4 is 5.32 Å². The molecule has 1 aliphatic rings. The second kappa shape index (κ2) is 5.50. The molecule has 2 aromatic rings. The van der Waals surface area contributed by atoms with Crippen LogP contribution in [0.25, 0.3) is 0 Å².